The van der Waals surface area contributed by atoms with Gasteiger partial charge in [0.1, 0.15) is 5.82 Å². The van der Waals surface area contributed by atoms with Crippen molar-refractivity contribution in [2.45, 2.75) is 40.8 Å². The molecule has 0 aliphatic rings. The SMILES string of the molecule is CC(=O)c1c(C)cc(C)c(CN(C)Cc2ncc[nH]2)c1C. The molecule has 0 amide bonds. The van der Waals surface area contributed by atoms with Crippen molar-refractivity contribution >= 4 is 5.78 Å². The fraction of sp³-hybridized carbons (Fsp3) is 0.412. The number of benzene rings is 1. The summed E-state index contributed by atoms with van der Waals surface area (Å²) in [6.45, 7) is 9.37. The van der Waals surface area contributed by atoms with Crippen LogP contribution in [0, 0.1) is 20.8 Å². The van der Waals surface area contributed by atoms with Gasteiger partial charge < -0.3 is 4.98 Å². The molecular formula is C17H23N3O. The fourth-order valence-electron chi connectivity index (χ4n) is 2.98. The highest BCUT2D eigenvalue weighted by Crippen LogP contribution is 2.24. The minimum atomic E-state index is 0.139. The highest BCUT2D eigenvalue weighted by atomic mass is 16.1. The van der Waals surface area contributed by atoms with Gasteiger partial charge in [-0.1, -0.05) is 6.07 Å². The standard InChI is InChI=1S/C17H23N3O/c1-11-8-12(2)17(14(4)21)13(3)15(11)9-20(5)10-16-18-6-7-19-16/h6-8H,9-10H2,1-5H3,(H,18,19). The Balaban J connectivity index is 2.27. The van der Waals surface area contributed by atoms with Crippen LogP contribution in [0.2, 0.25) is 0 Å². The Morgan fingerprint density at radius 3 is 2.52 bits per heavy atom. The quantitative estimate of drug-likeness (QED) is 0.858. The van der Waals surface area contributed by atoms with E-state index in [0.717, 1.165) is 35.6 Å². The topological polar surface area (TPSA) is 49.0 Å². The molecule has 1 heterocycles. The smallest absolute Gasteiger partial charge is 0.160 e. The molecule has 1 aromatic heterocycles. The number of carbonyl (C=O) groups is 1. The van der Waals surface area contributed by atoms with E-state index in [-0.39, 0.29) is 5.78 Å². The van der Waals surface area contributed by atoms with Crippen LogP contribution < -0.4 is 0 Å². The summed E-state index contributed by atoms with van der Waals surface area (Å²) in [6.07, 6.45) is 3.60. The Kier molecular flexibility index (Phi) is 4.58. The Bertz CT molecular complexity index is 645. The maximum Gasteiger partial charge on any atom is 0.160 e. The molecule has 0 radical (unpaired) electrons. The summed E-state index contributed by atoms with van der Waals surface area (Å²) < 4.78 is 0. The van der Waals surface area contributed by atoms with Crippen LogP contribution in [-0.2, 0) is 13.1 Å². The average molecular weight is 285 g/mol. The van der Waals surface area contributed by atoms with Crippen molar-refractivity contribution in [3.05, 3.63) is 52.1 Å². The minimum Gasteiger partial charge on any atom is -0.348 e. The predicted octanol–water partition coefficient (Wildman–Crippen LogP) is 3.17. The Labute approximate surface area is 126 Å². The van der Waals surface area contributed by atoms with Gasteiger partial charge in [-0.3, -0.25) is 9.69 Å². The third-order valence-corrected chi connectivity index (χ3v) is 3.89. The first kappa shape index (κ1) is 15.4. The molecule has 0 bridgehead atoms. The molecule has 112 valence electrons. The van der Waals surface area contributed by atoms with Crippen molar-refractivity contribution in [1.82, 2.24) is 14.9 Å². The number of aromatic amines is 1. The zero-order valence-corrected chi connectivity index (χ0v) is 13.4. The van der Waals surface area contributed by atoms with Gasteiger partial charge in [0.05, 0.1) is 6.54 Å². The van der Waals surface area contributed by atoms with Gasteiger partial charge in [-0.25, -0.2) is 4.98 Å². The lowest BCUT2D eigenvalue weighted by atomic mass is 9.91. The van der Waals surface area contributed by atoms with E-state index in [2.05, 4.69) is 34.9 Å². The third kappa shape index (κ3) is 3.39. The van der Waals surface area contributed by atoms with E-state index >= 15 is 0 Å². The van der Waals surface area contributed by atoms with Gasteiger partial charge in [0.25, 0.3) is 0 Å². The van der Waals surface area contributed by atoms with Crippen molar-refractivity contribution in [3.8, 4) is 0 Å². The lowest BCUT2D eigenvalue weighted by Crippen LogP contribution is -2.20. The number of H-pyrrole nitrogens is 1. The molecule has 1 N–H and O–H groups in total. The Morgan fingerprint density at radius 1 is 1.24 bits per heavy atom. The number of aryl methyl sites for hydroxylation is 2. The lowest BCUT2D eigenvalue weighted by Gasteiger charge is -2.21. The highest BCUT2D eigenvalue weighted by Gasteiger charge is 2.15. The van der Waals surface area contributed by atoms with Gasteiger partial charge in [0.15, 0.2) is 5.78 Å². The van der Waals surface area contributed by atoms with E-state index in [0.29, 0.717) is 0 Å². The van der Waals surface area contributed by atoms with Crippen molar-refractivity contribution < 1.29 is 4.79 Å². The molecule has 0 atom stereocenters. The molecule has 0 unspecified atom stereocenters. The van der Waals surface area contributed by atoms with Crippen LogP contribution in [0.4, 0.5) is 0 Å². The second-order valence-corrected chi connectivity index (χ2v) is 5.75. The second-order valence-electron chi connectivity index (χ2n) is 5.75. The number of hydrogen-bond acceptors (Lipinski definition) is 3. The van der Waals surface area contributed by atoms with E-state index in [1.807, 2.05) is 20.0 Å². The number of nitrogens with zero attached hydrogens (tertiary/aromatic N) is 2. The van der Waals surface area contributed by atoms with Gasteiger partial charge in [-0.05, 0) is 57.0 Å². The highest BCUT2D eigenvalue weighted by molar-refractivity contribution is 5.97. The number of rotatable bonds is 5. The van der Waals surface area contributed by atoms with Crippen molar-refractivity contribution in [3.63, 3.8) is 0 Å². The van der Waals surface area contributed by atoms with Gasteiger partial charge in [0.2, 0.25) is 0 Å². The van der Waals surface area contributed by atoms with Gasteiger partial charge in [-0.2, -0.15) is 0 Å². The Hall–Kier alpha value is -1.94. The summed E-state index contributed by atoms with van der Waals surface area (Å²) in [4.78, 5) is 21.4. The number of aromatic nitrogens is 2. The summed E-state index contributed by atoms with van der Waals surface area (Å²) in [5.41, 5.74) is 5.50. The van der Waals surface area contributed by atoms with E-state index < -0.39 is 0 Å². The second kappa shape index (κ2) is 6.22. The maximum atomic E-state index is 11.9. The summed E-state index contributed by atoms with van der Waals surface area (Å²) in [5.74, 6) is 1.09. The van der Waals surface area contributed by atoms with Gasteiger partial charge >= 0.3 is 0 Å². The molecule has 0 saturated carbocycles. The van der Waals surface area contributed by atoms with Gasteiger partial charge in [-0.15, -0.1) is 0 Å². The van der Waals surface area contributed by atoms with Gasteiger partial charge in [0, 0.05) is 24.5 Å². The van der Waals surface area contributed by atoms with E-state index in [9.17, 15) is 4.79 Å². The largest absolute Gasteiger partial charge is 0.348 e. The number of imidazole rings is 1. The van der Waals surface area contributed by atoms with Crippen LogP contribution in [0.15, 0.2) is 18.5 Å². The normalized spacial score (nSPS) is 11.1. The summed E-state index contributed by atoms with van der Waals surface area (Å²) in [5, 5.41) is 0. The summed E-state index contributed by atoms with van der Waals surface area (Å²) in [6, 6.07) is 2.11. The lowest BCUT2D eigenvalue weighted by molar-refractivity contribution is 0.101. The van der Waals surface area contributed by atoms with Crippen LogP contribution in [0.1, 0.15) is 45.4 Å². The van der Waals surface area contributed by atoms with Crippen molar-refractivity contribution in [2.75, 3.05) is 7.05 Å². The zero-order valence-electron chi connectivity index (χ0n) is 13.4. The Morgan fingerprint density at radius 2 is 1.95 bits per heavy atom. The number of nitrogens with one attached hydrogen (secondary N) is 1. The van der Waals surface area contributed by atoms with E-state index in [1.165, 1.54) is 11.1 Å². The number of Topliss-reactive ketones (excluding diaryl/α,β-unsaturated/α-hetero) is 1. The minimum absolute atomic E-state index is 0.139. The maximum absolute atomic E-state index is 11.9. The number of hydrogen-bond donors (Lipinski definition) is 1. The molecular weight excluding hydrogens is 262 g/mol. The molecule has 0 aliphatic heterocycles. The molecule has 0 fully saturated rings. The third-order valence-electron chi connectivity index (χ3n) is 3.89. The van der Waals surface area contributed by atoms with Crippen molar-refractivity contribution in [2.24, 2.45) is 0 Å². The molecule has 1 aromatic carbocycles. The summed E-state index contributed by atoms with van der Waals surface area (Å²) in [7, 11) is 2.06. The van der Waals surface area contributed by atoms with E-state index in [4.69, 9.17) is 0 Å². The zero-order chi connectivity index (χ0) is 15.6. The molecule has 4 heteroatoms. The summed E-state index contributed by atoms with van der Waals surface area (Å²) >= 11 is 0. The molecule has 0 aliphatic carbocycles. The molecule has 2 aromatic rings. The first-order valence-corrected chi connectivity index (χ1v) is 7.17. The predicted molar refractivity (Wildman–Crippen MR) is 84.4 cm³/mol. The first-order valence-electron chi connectivity index (χ1n) is 7.17. The van der Waals surface area contributed by atoms with Crippen LogP contribution in [0.5, 0.6) is 0 Å². The van der Waals surface area contributed by atoms with Crippen LogP contribution in [-0.4, -0.2) is 27.7 Å². The van der Waals surface area contributed by atoms with Crippen LogP contribution >= 0.6 is 0 Å². The molecule has 21 heavy (non-hydrogen) atoms. The molecule has 4 nitrogen and oxygen atoms in total. The van der Waals surface area contributed by atoms with Crippen LogP contribution in [0.25, 0.3) is 0 Å². The number of ketones is 1. The van der Waals surface area contributed by atoms with E-state index in [1.54, 1.807) is 13.1 Å². The monoisotopic (exact) mass is 285 g/mol. The van der Waals surface area contributed by atoms with Crippen LogP contribution in [0.3, 0.4) is 0 Å². The van der Waals surface area contributed by atoms with Crippen molar-refractivity contribution in [1.29, 1.82) is 0 Å². The molecule has 0 saturated heterocycles. The molecule has 0 spiro atoms. The molecule has 2 rings (SSSR count). The first-order chi connectivity index (χ1) is 9.90. The average Bonchev–Trinajstić information content (AvgIpc) is 2.86. The fourth-order valence-corrected chi connectivity index (χ4v) is 2.98. The number of carbonyl (C=O) groups excluding carboxylic acids is 1.